The maximum atomic E-state index is 13.6. The van der Waals surface area contributed by atoms with Crippen LogP contribution in [0.4, 0.5) is 4.39 Å². The van der Waals surface area contributed by atoms with Gasteiger partial charge in [-0.05, 0) is 61.9 Å². The minimum atomic E-state index is -0.373. The molecule has 20 heavy (non-hydrogen) atoms. The van der Waals surface area contributed by atoms with Crippen molar-refractivity contribution in [2.75, 3.05) is 0 Å². The Bertz CT molecular complexity index is 650. The van der Waals surface area contributed by atoms with Crippen molar-refractivity contribution in [3.8, 4) is 17.2 Å². The number of halogens is 1. The van der Waals surface area contributed by atoms with Crippen molar-refractivity contribution in [2.24, 2.45) is 0 Å². The normalized spacial score (nSPS) is 13.9. The summed E-state index contributed by atoms with van der Waals surface area (Å²) in [5, 5.41) is 9.89. The summed E-state index contributed by atoms with van der Waals surface area (Å²) in [7, 11) is 0. The predicted octanol–water partition coefficient (Wildman–Crippen LogP) is 4.51. The molecule has 0 atom stereocenters. The van der Waals surface area contributed by atoms with Crippen LogP contribution in [0.3, 0.4) is 0 Å². The summed E-state index contributed by atoms with van der Waals surface area (Å²) in [6, 6.07) is 8.52. The highest BCUT2D eigenvalue weighted by molar-refractivity contribution is 5.51. The van der Waals surface area contributed by atoms with Crippen molar-refractivity contribution < 1.29 is 14.2 Å². The lowest BCUT2D eigenvalue weighted by Crippen LogP contribution is -2.04. The summed E-state index contributed by atoms with van der Waals surface area (Å²) >= 11 is 0. The predicted molar refractivity (Wildman–Crippen MR) is 76.0 cm³/mol. The van der Waals surface area contributed by atoms with Crippen molar-refractivity contribution in [1.82, 2.24) is 0 Å². The number of ether oxygens (including phenoxy) is 1. The molecule has 0 aliphatic heterocycles. The summed E-state index contributed by atoms with van der Waals surface area (Å²) in [5.74, 6) is 0.537. The highest BCUT2D eigenvalue weighted by Crippen LogP contribution is 2.38. The Morgan fingerprint density at radius 1 is 1.10 bits per heavy atom. The number of phenolic OH excluding ortho intramolecular Hbond substituents is 1. The molecule has 0 fully saturated rings. The second kappa shape index (κ2) is 5.16. The Hall–Kier alpha value is -2.03. The summed E-state index contributed by atoms with van der Waals surface area (Å²) in [4.78, 5) is 0. The molecule has 3 rings (SSSR count). The first-order chi connectivity index (χ1) is 9.66. The minimum absolute atomic E-state index is 0.0303. The maximum absolute atomic E-state index is 13.6. The zero-order valence-electron chi connectivity index (χ0n) is 11.4. The van der Waals surface area contributed by atoms with Crippen LogP contribution in [-0.4, -0.2) is 5.11 Å². The van der Waals surface area contributed by atoms with Crippen molar-refractivity contribution in [3.63, 3.8) is 0 Å². The Labute approximate surface area is 117 Å². The van der Waals surface area contributed by atoms with E-state index in [-0.39, 0.29) is 17.3 Å². The van der Waals surface area contributed by atoms with E-state index < -0.39 is 0 Å². The molecule has 1 aliphatic rings. The Balaban J connectivity index is 2.02. The summed E-state index contributed by atoms with van der Waals surface area (Å²) in [5.41, 5.74) is 2.81. The lowest BCUT2D eigenvalue weighted by Gasteiger charge is -2.20. The second-order valence-corrected chi connectivity index (χ2v) is 5.22. The van der Waals surface area contributed by atoms with Crippen LogP contribution in [0.15, 0.2) is 30.3 Å². The molecule has 2 aromatic carbocycles. The molecule has 2 nitrogen and oxygen atoms in total. The molecule has 0 radical (unpaired) electrons. The Morgan fingerprint density at radius 3 is 2.75 bits per heavy atom. The van der Waals surface area contributed by atoms with Crippen LogP contribution < -0.4 is 4.74 Å². The third-order valence-electron chi connectivity index (χ3n) is 3.88. The van der Waals surface area contributed by atoms with Crippen molar-refractivity contribution in [2.45, 2.75) is 32.6 Å². The molecule has 2 aromatic rings. The molecule has 0 heterocycles. The van der Waals surface area contributed by atoms with E-state index in [1.165, 1.54) is 29.7 Å². The number of fused-ring (bicyclic) bond motifs is 1. The van der Waals surface area contributed by atoms with E-state index in [0.717, 1.165) is 25.0 Å². The van der Waals surface area contributed by atoms with Crippen molar-refractivity contribution >= 4 is 0 Å². The Morgan fingerprint density at radius 2 is 1.90 bits per heavy atom. The van der Waals surface area contributed by atoms with E-state index in [1.54, 1.807) is 6.92 Å². The van der Waals surface area contributed by atoms with Gasteiger partial charge in [0.25, 0.3) is 0 Å². The molecule has 0 spiro atoms. The Kier molecular flexibility index (Phi) is 3.35. The lowest BCUT2D eigenvalue weighted by atomic mass is 9.91. The second-order valence-electron chi connectivity index (χ2n) is 5.22. The minimum Gasteiger partial charge on any atom is -0.504 e. The third-order valence-corrected chi connectivity index (χ3v) is 3.88. The molecule has 1 aliphatic carbocycles. The molecular formula is C17H17FO2. The summed E-state index contributed by atoms with van der Waals surface area (Å²) in [6.45, 7) is 1.61. The van der Waals surface area contributed by atoms with Gasteiger partial charge in [0.2, 0.25) is 0 Å². The van der Waals surface area contributed by atoms with Gasteiger partial charge < -0.3 is 9.84 Å². The average molecular weight is 272 g/mol. The zero-order valence-corrected chi connectivity index (χ0v) is 11.4. The van der Waals surface area contributed by atoms with Gasteiger partial charge >= 0.3 is 0 Å². The number of hydrogen-bond acceptors (Lipinski definition) is 2. The number of rotatable bonds is 2. The average Bonchev–Trinajstić information content (AvgIpc) is 2.48. The quantitative estimate of drug-likeness (QED) is 0.871. The SMILES string of the molecule is Cc1c(F)ccc(O)c1Oc1cccc2c1CCCC2. The molecule has 1 N–H and O–H groups in total. The van der Waals surface area contributed by atoms with E-state index >= 15 is 0 Å². The first kappa shape index (κ1) is 13.0. The van der Waals surface area contributed by atoms with E-state index in [2.05, 4.69) is 6.07 Å². The molecule has 0 saturated carbocycles. The van der Waals surface area contributed by atoms with E-state index in [0.29, 0.717) is 5.56 Å². The van der Waals surface area contributed by atoms with E-state index in [4.69, 9.17) is 4.74 Å². The highest BCUT2D eigenvalue weighted by Gasteiger charge is 2.17. The zero-order chi connectivity index (χ0) is 14.1. The third kappa shape index (κ3) is 2.24. The molecule has 0 aromatic heterocycles. The van der Waals surface area contributed by atoms with Gasteiger partial charge in [0.15, 0.2) is 11.5 Å². The number of aromatic hydroxyl groups is 1. The van der Waals surface area contributed by atoms with Crippen LogP contribution in [0, 0.1) is 12.7 Å². The largest absolute Gasteiger partial charge is 0.504 e. The van der Waals surface area contributed by atoms with Gasteiger partial charge in [-0.3, -0.25) is 0 Å². The standard InChI is InChI=1S/C17H17FO2/c1-11-14(18)9-10-15(19)17(11)20-16-8-4-6-12-5-2-3-7-13(12)16/h4,6,8-10,19H,2-3,5,7H2,1H3. The lowest BCUT2D eigenvalue weighted by molar-refractivity contribution is 0.400. The van der Waals surface area contributed by atoms with E-state index in [9.17, 15) is 9.50 Å². The van der Waals surface area contributed by atoms with Gasteiger partial charge in [0, 0.05) is 5.56 Å². The molecule has 0 unspecified atom stereocenters. The topological polar surface area (TPSA) is 29.5 Å². The van der Waals surface area contributed by atoms with Crippen LogP contribution in [0.25, 0.3) is 0 Å². The molecule has 3 heteroatoms. The van der Waals surface area contributed by atoms with Crippen LogP contribution in [0.2, 0.25) is 0 Å². The monoisotopic (exact) mass is 272 g/mol. The fraction of sp³-hybridized carbons (Fsp3) is 0.294. The molecule has 0 bridgehead atoms. The van der Waals surface area contributed by atoms with Crippen LogP contribution in [0.5, 0.6) is 17.2 Å². The van der Waals surface area contributed by atoms with Gasteiger partial charge in [-0.2, -0.15) is 0 Å². The number of aryl methyl sites for hydroxylation is 1. The summed E-state index contributed by atoms with van der Waals surface area (Å²) in [6.07, 6.45) is 4.36. The molecule has 104 valence electrons. The fourth-order valence-corrected chi connectivity index (χ4v) is 2.73. The number of benzene rings is 2. The van der Waals surface area contributed by atoms with Crippen LogP contribution in [0.1, 0.15) is 29.5 Å². The van der Waals surface area contributed by atoms with Gasteiger partial charge in [-0.1, -0.05) is 12.1 Å². The first-order valence-electron chi connectivity index (χ1n) is 6.93. The number of hydrogen-bond donors (Lipinski definition) is 1. The number of phenols is 1. The molecule has 0 amide bonds. The first-order valence-corrected chi connectivity index (χ1v) is 6.93. The van der Waals surface area contributed by atoms with Crippen LogP contribution in [-0.2, 0) is 12.8 Å². The van der Waals surface area contributed by atoms with Crippen molar-refractivity contribution in [1.29, 1.82) is 0 Å². The molecule has 0 saturated heterocycles. The summed E-state index contributed by atoms with van der Waals surface area (Å²) < 4.78 is 19.4. The van der Waals surface area contributed by atoms with Gasteiger partial charge in [0.1, 0.15) is 11.6 Å². The van der Waals surface area contributed by atoms with Gasteiger partial charge in [0.05, 0.1) is 0 Å². The van der Waals surface area contributed by atoms with E-state index in [1.807, 2.05) is 12.1 Å². The smallest absolute Gasteiger partial charge is 0.174 e. The van der Waals surface area contributed by atoms with Crippen molar-refractivity contribution in [3.05, 3.63) is 52.8 Å². The highest BCUT2D eigenvalue weighted by atomic mass is 19.1. The molecular weight excluding hydrogens is 255 g/mol. The maximum Gasteiger partial charge on any atom is 0.174 e. The van der Waals surface area contributed by atoms with Crippen LogP contribution >= 0.6 is 0 Å². The fourth-order valence-electron chi connectivity index (χ4n) is 2.73. The van der Waals surface area contributed by atoms with Gasteiger partial charge in [-0.25, -0.2) is 4.39 Å². The van der Waals surface area contributed by atoms with Gasteiger partial charge in [-0.15, -0.1) is 0 Å².